The number of nitrogens with zero attached hydrogens (tertiary/aromatic N) is 4. The first-order chi connectivity index (χ1) is 38.3. The molecule has 2 aromatic rings. The number of nitro benzene ring substituents is 2. The third kappa shape index (κ3) is 21.8. The number of carbonyl (C=O) groups excluding carboxylic acids is 9. The number of primary amides is 1. The van der Waals surface area contributed by atoms with Crippen molar-refractivity contribution in [3.05, 3.63) is 68.3 Å². The second-order valence-corrected chi connectivity index (χ2v) is 20.3. The van der Waals surface area contributed by atoms with Crippen LogP contribution >= 0.6 is 0 Å². The molecule has 3 rings (SSSR count). The number of aliphatic imine (C=N–C) groups is 1. The molecule has 1 fully saturated rings. The van der Waals surface area contributed by atoms with Crippen LogP contribution < -0.4 is 70.8 Å². The highest BCUT2D eigenvalue weighted by Crippen LogP contribution is 2.29. The van der Waals surface area contributed by atoms with Crippen molar-refractivity contribution < 1.29 is 53.0 Å². The number of likely N-dealkylation sites (tertiary alicyclic amines) is 1. The Morgan fingerprint density at radius 1 is 0.704 bits per heavy atom. The molecule has 1 aliphatic rings. The summed E-state index contributed by atoms with van der Waals surface area (Å²) in [4.78, 5) is 149. The van der Waals surface area contributed by atoms with Gasteiger partial charge in [0.2, 0.25) is 47.3 Å². The molecule has 1 aliphatic heterocycles. The number of benzene rings is 2. The molecule has 1 saturated heterocycles. The van der Waals surface area contributed by atoms with Crippen molar-refractivity contribution in [3.63, 3.8) is 0 Å². The monoisotopic (exact) mass is 1140 g/mol. The lowest BCUT2D eigenvalue weighted by molar-refractivity contribution is -0.393. The molecule has 9 amide bonds. The van der Waals surface area contributed by atoms with Gasteiger partial charge in [-0.05, 0) is 101 Å². The van der Waals surface area contributed by atoms with Crippen LogP contribution in [0.3, 0.4) is 0 Å². The summed E-state index contributed by atoms with van der Waals surface area (Å²) < 4.78 is 0. The summed E-state index contributed by atoms with van der Waals surface area (Å²) in [6, 6.07) is 0.660. The normalized spacial score (nSPS) is 15.1. The van der Waals surface area contributed by atoms with Gasteiger partial charge in [0, 0.05) is 38.4 Å². The molecule has 1 heterocycles. The summed E-state index contributed by atoms with van der Waals surface area (Å²) in [5.41, 5.74) is 21.1. The van der Waals surface area contributed by atoms with Crippen molar-refractivity contribution in [2.45, 2.75) is 135 Å². The van der Waals surface area contributed by atoms with Crippen molar-refractivity contribution in [1.29, 1.82) is 0 Å². The van der Waals surface area contributed by atoms with Gasteiger partial charge in [0.15, 0.2) is 5.96 Å². The number of hydrogen-bond donors (Lipinski definition) is 13. The topological polar surface area (TPSA) is 468 Å². The Bertz CT molecular complexity index is 2600. The Kier molecular flexibility index (Phi) is 27.1. The van der Waals surface area contributed by atoms with Crippen LogP contribution in [0.15, 0.2) is 47.5 Å². The molecule has 30 heteroatoms. The predicted molar refractivity (Wildman–Crippen MR) is 299 cm³/mol. The van der Waals surface area contributed by atoms with E-state index < -0.39 is 130 Å². The average Bonchev–Trinajstić information content (AvgIpc) is 3.93. The van der Waals surface area contributed by atoms with E-state index in [2.05, 4.69) is 52.8 Å². The van der Waals surface area contributed by atoms with E-state index in [0.29, 0.717) is 43.1 Å². The third-order valence-electron chi connectivity index (χ3n) is 12.8. The summed E-state index contributed by atoms with van der Waals surface area (Å²) in [5, 5.41) is 47.0. The first kappa shape index (κ1) is 66.6. The zero-order valence-electron chi connectivity index (χ0n) is 46.5. The van der Waals surface area contributed by atoms with Crippen LogP contribution in [0.5, 0.6) is 0 Å². The fraction of sp³-hybridized carbons (Fsp3) is 0.569. The fourth-order valence-corrected chi connectivity index (χ4v) is 8.69. The molecular formula is C51H79N17O13. The van der Waals surface area contributed by atoms with E-state index >= 15 is 0 Å². The molecule has 446 valence electrons. The lowest BCUT2D eigenvalue weighted by Crippen LogP contribution is -2.59. The molecular weight excluding hydrogens is 1060 g/mol. The minimum absolute atomic E-state index is 0.0231. The van der Waals surface area contributed by atoms with Gasteiger partial charge in [-0.1, -0.05) is 39.8 Å². The number of guanidine groups is 1. The Hall–Kier alpha value is -8.70. The number of unbranched alkanes of at least 4 members (excludes halogenated alkanes) is 1. The number of nitro groups is 2. The second kappa shape index (κ2) is 33.0. The number of hydrogen-bond acceptors (Lipinski definition) is 17. The van der Waals surface area contributed by atoms with Crippen LogP contribution in [-0.4, -0.2) is 156 Å². The smallest absolute Gasteiger partial charge is 0.299 e. The summed E-state index contributed by atoms with van der Waals surface area (Å²) >= 11 is 0. The highest BCUT2D eigenvalue weighted by molar-refractivity contribution is 6.02. The molecule has 7 atom stereocenters. The largest absolute Gasteiger partial charge is 0.387 e. The van der Waals surface area contributed by atoms with Gasteiger partial charge >= 0.3 is 0 Å². The van der Waals surface area contributed by atoms with Gasteiger partial charge in [0.25, 0.3) is 17.3 Å². The van der Waals surface area contributed by atoms with Gasteiger partial charge < -0.3 is 75.7 Å². The zero-order valence-corrected chi connectivity index (χ0v) is 46.5. The Labute approximate surface area is 468 Å². The molecule has 7 unspecified atom stereocenters. The van der Waals surface area contributed by atoms with Gasteiger partial charge in [-0.25, -0.2) is 0 Å². The summed E-state index contributed by atoms with van der Waals surface area (Å²) in [7, 11) is 1.67. The zero-order chi connectivity index (χ0) is 60.5. The predicted octanol–water partition coefficient (Wildman–Crippen LogP) is -0.934. The van der Waals surface area contributed by atoms with E-state index in [0.717, 1.165) is 12.1 Å². The van der Waals surface area contributed by atoms with Crippen LogP contribution in [0.4, 0.5) is 22.7 Å². The quantitative estimate of drug-likeness (QED) is 0.0132. The van der Waals surface area contributed by atoms with Crippen LogP contribution in [-0.2, 0) is 38.4 Å². The highest BCUT2D eigenvalue weighted by atomic mass is 16.6. The second-order valence-electron chi connectivity index (χ2n) is 20.3. The van der Waals surface area contributed by atoms with Gasteiger partial charge in [-0.3, -0.25) is 68.4 Å². The fourth-order valence-electron chi connectivity index (χ4n) is 8.69. The Morgan fingerprint density at radius 2 is 1.33 bits per heavy atom. The van der Waals surface area contributed by atoms with E-state index in [4.69, 9.17) is 22.9 Å². The van der Waals surface area contributed by atoms with E-state index in [1.807, 2.05) is 13.8 Å². The molecule has 0 aliphatic carbocycles. The van der Waals surface area contributed by atoms with E-state index in [-0.39, 0.29) is 75.1 Å². The van der Waals surface area contributed by atoms with Crippen LogP contribution in [0.1, 0.15) is 103 Å². The number of para-hydroxylation sites is 1. The van der Waals surface area contributed by atoms with Gasteiger partial charge in [0.1, 0.15) is 48.0 Å². The number of non-ortho nitro benzene ring substituents is 1. The average molecular weight is 1140 g/mol. The number of carbonyl (C=O) groups is 9. The summed E-state index contributed by atoms with van der Waals surface area (Å²) in [5.74, 6) is -7.56. The standard InChI is InChI=1S/C51H79N17O13/c1-28(2)23-37(64-49(76)40-17-12-22-66(40)50(77)36(15-9-10-20-52)63-45(72)32-13-7-8-14-33(32)56-6)46(73)59-27-42(69)61-38(24-29(3)4)47(74)65-39(26-58-34-19-18-31(67(78)79)25-41(34)68(80)81)48(75)60-30(5)44(71)62-35(43(53)70)16-11-21-57-51(54)55/h7-8,13-14,18-19,25,28-30,35-40,56,58H,9-12,15-17,20-24,26-27,52H2,1-6H3,(H2,53,70)(H,59,73)(H,60,75)(H,61,69)(H,62,71)(H,63,72)(H,64,76)(H,65,74)(H4,54,55,57). The summed E-state index contributed by atoms with van der Waals surface area (Å²) in [6.07, 6.45) is 2.44. The van der Waals surface area contributed by atoms with Crippen molar-refractivity contribution >= 4 is 81.9 Å². The lowest BCUT2D eigenvalue weighted by atomic mass is 10.0. The molecule has 0 radical (unpaired) electrons. The number of nitrogens with one attached hydrogen (secondary N) is 9. The highest BCUT2D eigenvalue weighted by Gasteiger charge is 2.39. The number of anilines is 2. The van der Waals surface area contributed by atoms with Crippen molar-refractivity contribution in [2.24, 2.45) is 39.8 Å². The van der Waals surface area contributed by atoms with E-state index in [9.17, 15) is 63.4 Å². The maximum atomic E-state index is 14.2. The van der Waals surface area contributed by atoms with Crippen molar-refractivity contribution in [2.75, 3.05) is 50.4 Å². The first-order valence-electron chi connectivity index (χ1n) is 26.7. The molecule has 0 saturated carbocycles. The van der Waals surface area contributed by atoms with Gasteiger partial charge in [-0.15, -0.1) is 0 Å². The lowest BCUT2D eigenvalue weighted by Gasteiger charge is -2.30. The SMILES string of the molecule is CNc1ccccc1C(=O)NC(CCCCN)C(=O)N1CCCC1C(=O)NC(CC(C)C)C(=O)NCC(=O)NC(CC(C)C)C(=O)NC(CNc1ccc([N+](=O)[O-])cc1[N+](=O)[O-])C(=O)NC(C)C(=O)NC(CCCN=C(N)N)C(N)=O. The molecule has 0 spiro atoms. The Balaban J connectivity index is 1.80. The maximum Gasteiger partial charge on any atom is 0.299 e. The molecule has 0 bridgehead atoms. The molecule has 2 aromatic carbocycles. The van der Waals surface area contributed by atoms with Gasteiger partial charge in [-0.2, -0.15) is 0 Å². The third-order valence-corrected chi connectivity index (χ3v) is 12.8. The molecule has 30 nitrogen and oxygen atoms in total. The summed E-state index contributed by atoms with van der Waals surface area (Å²) in [6.45, 7) is 7.72. The van der Waals surface area contributed by atoms with Crippen molar-refractivity contribution in [3.8, 4) is 0 Å². The molecule has 0 aromatic heterocycles. The van der Waals surface area contributed by atoms with Crippen LogP contribution in [0, 0.1) is 32.1 Å². The minimum atomic E-state index is -1.67. The van der Waals surface area contributed by atoms with E-state index in [1.54, 1.807) is 45.2 Å². The maximum absolute atomic E-state index is 14.2. The molecule has 81 heavy (non-hydrogen) atoms. The van der Waals surface area contributed by atoms with Crippen molar-refractivity contribution in [1.82, 2.24) is 42.1 Å². The molecule has 17 N–H and O–H groups in total. The van der Waals surface area contributed by atoms with Crippen LogP contribution in [0.2, 0.25) is 0 Å². The number of nitrogens with two attached hydrogens (primary N) is 4. The minimum Gasteiger partial charge on any atom is -0.387 e. The van der Waals surface area contributed by atoms with Crippen LogP contribution in [0.25, 0.3) is 0 Å². The number of amides is 9. The van der Waals surface area contributed by atoms with E-state index in [1.165, 1.54) is 11.8 Å². The Morgan fingerprint density at radius 3 is 1.94 bits per heavy atom. The van der Waals surface area contributed by atoms with Gasteiger partial charge in [0.05, 0.1) is 28.0 Å². The first-order valence-corrected chi connectivity index (χ1v) is 26.7. The number of rotatable bonds is 34.